The van der Waals surface area contributed by atoms with Gasteiger partial charge in [-0.3, -0.25) is 0 Å². The minimum atomic E-state index is -3.53. The van der Waals surface area contributed by atoms with E-state index in [1.165, 1.54) is 0 Å². The van der Waals surface area contributed by atoms with Crippen molar-refractivity contribution in [1.82, 2.24) is 4.72 Å². The summed E-state index contributed by atoms with van der Waals surface area (Å²) < 4.78 is 32.4. The molecule has 1 aromatic carbocycles. The third-order valence-corrected chi connectivity index (χ3v) is 4.26. The maximum absolute atomic E-state index is 12.3. The fraction of sp³-hybridized carbons (Fsp3) is 0.571. The molecule has 1 aromatic rings. The predicted octanol–water partition coefficient (Wildman–Crippen LogP) is 2.21. The lowest BCUT2D eigenvalue weighted by atomic mass is 10.1. The van der Waals surface area contributed by atoms with Gasteiger partial charge >= 0.3 is 0 Å². The van der Waals surface area contributed by atoms with Gasteiger partial charge in [0.15, 0.2) is 0 Å². The topological polar surface area (TPSA) is 67.4 Å². The smallest absolute Gasteiger partial charge is 0.242 e. The van der Waals surface area contributed by atoms with E-state index in [1.807, 2.05) is 13.8 Å². The number of hydrogen-bond acceptors (Lipinski definition) is 4. The first-order valence-corrected chi connectivity index (χ1v) is 8.05. The van der Waals surface area contributed by atoms with E-state index in [9.17, 15) is 8.42 Å². The molecular formula is C14H24N2O3S. The molecule has 0 aromatic heterocycles. The van der Waals surface area contributed by atoms with Crippen LogP contribution in [0.4, 0.5) is 5.69 Å². The number of sulfonamides is 1. The van der Waals surface area contributed by atoms with Gasteiger partial charge in [-0.2, -0.15) is 0 Å². The second kappa shape index (κ2) is 6.56. The van der Waals surface area contributed by atoms with Crippen molar-refractivity contribution in [1.29, 1.82) is 0 Å². The van der Waals surface area contributed by atoms with Crippen LogP contribution < -0.4 is 10.0 Å². The Labute approximate surface area is 121 Å². The van der Waals surface area contributed by atoms with Crippen LogP contribution in [0.25, 0.3) is 0 Å². The highest BCUT2D eigenvalue weighted by molar-refractivity contribution is 7.89. The Kier molecular flexibility index (Phi) is 5.56. The maximum atomic E-state index is 12.3. The molecule has 0 radical (unpaired) electrons. The number of hydrogen-bond donors (Lipinski definition) is 2. The van der Waals surface area contributed by atoms with Gasteiger partial charge in [-0.1, -0.05) is 12.1 Å². The van der Waals surface area contributed by atoms with E-state index < -0.39 is 10.0 Å². The summed E-state index contributed by atoms with van der Waals surface area (Å²) in [6.07, 6.45) is 0. The van der Waals surface area contributed by atoms with Crippen LogP contribution in [0.15, 0.2) is 29.2 Å². The average Bonchev–Trinajstić information content (AvgIpc) is 2.26. The molecule has 0 saturated carbocycles. The van der Waals surface area contributed by atoms with Crippen molar-refractivity contribution < 1.29 is 13.2 Å². The summed E-state index contributed by atoms with van der Waals surface area (Å²) in [6, 6.07) is 6.71. The first-order valence-electron chi connectivity index (χ1n) is 6.56. The number of nitrogens with one attached hydrogen (secondary N) is 2. The van der Waals surface area contributed by atoms with Crippen LogP contribution in [0, 0.1) is 0 Å². The summed E-state index contributed by atoms with van der Waals surface area (Å²) in [4.78, 5) is 0.248. The van der Waals surface area contributed by atoms with E-state index in [2.05, 4.69) is 10.0 Å². The van der Waals surface area contributed by atoms with Gasteiger partial charge in [0.1, 0.15) is 4.90 Å². The lowest BCUT2D eigenvalue weighted by Gasteiger charge is -2.28. The normalized spacial score (nSPS) is 12.7. The molecule has 0 bridgehead atoms. The van der Waals surface area contributed by atoms with Crippen molar-refractivity contribution in [2.75, 3.05) is 19.0 Å². The maximum Gasteiger partial charge on any atom is 0.242 e. The van der Waals surface area contributed by atoms with Gasteiger partial charge in [-0.25, -0.2) is 13.1 Å². The van der Waals surface area contributed by atoms with Gasteiger partial charge in [0.2, 0.25) is 10.0 Å². The summed E-state index contributed by atoms with van der Waals surface area (Å²) in [5, 5.41) is 3.22. The minimum absolute atomic E-state index is 0.153. The van der Waals surface area contributed by atoms with Crippen LogP contribution in [0.1, 0.15) is 27.7 Å². The largest absolute Gasteiger partial charge is 0.382 e. The highest BCUT2D eigenvalue weighted by Crippen LogP contribution is 2.24. The molecule has 20 heavy (non-hydrogen) atoms. The molecule has 0 heterocycles. The van der Waals surface area contributed by atoms with Crippen molar-refractivity contribution in [3.05, 3.63) is 24.3 Å². The Morgan fingerprint density at radius 3 is 2.40 bits per heavy atom. The van der Waals surface area contributed by atoms with E-state index in [0.29, 0.717) is 12.3 Å². The van der Waals surface area contributed by atoms with Crippen molar-refractivity contribution in [3.8, 4) is 0 Å². The zero-order chi connectivity index (χ0) is 15.4. The van der Waals surface area contributed by atoms with Crippen molar-refractivity contribution in [3.63, 3.8) is 0 Å². The molecule has 2 N–H and O–H groups in total. The Morgan fingerprint density at radius 1 is 1.25 bits per heavy atom. The Morgan fingerprint density at radius 2 is 1.85 bits per heavy atom. The fourth-order valence-corrected chi connectivity index (χ4v) is 3.35. The molecule has 0 fully saturated rings. The first-order chi connectivity index (χ1) is 9.18. The summed E-state index contributed by atoms with van der Waals surface area (Å²) >= 11 is 0. The standard InChI is InChI=1S/C14H24N2O3S/c1-11(2)16-20(17,18)13-9-7-6-8-12(13)15-14(3,4)10-19-5/h6-9,11,15-16H,10H2,1-5H3. The number of anilines is 1. The van der Waals surface area contributed by atoms with E-state index in [4.69, 9.17) is 4.74 Å². The van der Waals surface area contributed by atoms with Crippen molar-refractivity contribution >= 4 is 15.7 Å². The molecule has 0 spiro atoms. The molecule has 1 rings (SSSR count). The molecule has 0 aliphatic carbocycles. The molecule has 0 aliphatic heterocycles. The van der Waals surface area contributed by atoms with Crippen LogP contribution in [0.5, 0.6) is 0 Å². The molecule has 0 aliphatic rings. The minimum Gasteiger partial charge on any atom is -0.382 e. The highest BCUT2D eigenvalue weighted by Gasteiger charge is 2.23. The zero-order valence-electron chi connectivity index (χ0n) is 12.7. The van der Waals surface area contributed by atoms with Crippen LogP contribution in [0.3, 0.4) is 0 Å². The first kappa shape index (κ1) is 16.9. The number of benzene rings is 1. The molecule has 114 valence electrons. The Balaban J connectivity index is 3.12. The summed E-state index contributed by atoms with van der Waals surface area (Å²) in [5.74, 6) is 0. The van der Waals surface area contributed by atoms with E-state index in [0.717, 1.165) is 0 Å². The SMILES string of the molecule is COCC(C)(C)Nc1ccccc1S(=O)(=O)NC(C)C. The number of methoxy groups -OCH3 is 1. The lowest BCUT2D eigenvalue weighted by molar-refractivity contribution is 0.158. The second-order valence-electron chi connectivity index (χ2n) is 5.71. The van der Waals surface area contributed by atoms with Crippen LogP contribution in [-0.2, 0) is 14.8 Å². The van der Waals surface area contributed by atoms with Crippen LogP contribution in [-0.4, -0.2) is 33.7 Å². The van der Waals surface area contributed by atoms with Gasteiger partial charge in [0.25, 0.3) is 0 Å². The highest BCUT2D eigenvalue weighted by atomic mass is 32.2. The van der Waals surface area contributed by atoms with Gasteiger partial charge in [-0.05, 0) is 39.8 Å². The van der Waals surface area contributed by atoms with Gasteiger partial charge in [0.05, 0.1) is 17.8 Å². The van der Waals surface area contributed by atoms with Crippen molar-refractivity contribution in [2.24, 2.45) is 0 Å². The van der Waals surface area contributed by atoms with Gasteiger partial charge in [0, 0.05) is 13.2 Å². The number of ether oxygens (including phenoxy) is 1. The van der Waals surface area contributed by atoms with E-state index >= 15 is 0 Å². The Bertz CT molecular complexity index is 539. The second-order valence-corrected chi connectivity index (χ2v) is 7.40. The third kappa shape index (κ3) is 4.77. The molecule has 0 saturated heterocycles. The third-order valence-electron chi connectivity index (χ3n) is 2.55. The number of rotatable bonds is 7. The van der Waals surface area contributed by atoms with Crippen LogP contribution >= 0.6 is 0 Å². The quantitative estimate of drug-likeness (QED) is 0.810. The van der Waals surface area contributed by atoms with E-state index in [-0.39, 0.29) is 16.5 Å². The summed E-state index contributed by atoms with van der Waals surface area (Å²) in [7, 11) is -1.91. The molecule has 0 unspecified atom stereocenters. The monoisotopic (exact) mass is 300 g/mol. The molecule has 0 amide bonds. The average molecular weight is 300 g/mol. The van der Waals surface area contributed by atoms with Gasteiger partial charge in [-0.15, -0.1) is 0 Å². The number of para-hydroxylation sites is 1. The molecule has 0 atom stereocenters. The van der Waals surface area contributed by atoms with Crippen LogP contribution in [0.2, 0.25) is 0 Å². The van der Waals surface area contributed by atoms with Crippen molar-refractivity contribution in [2.45, 2.75) is 44.2 Å². The molecule has 6 heteroatoms. The van der Waals surface area contributed by atoms with Gasteiger partial charge < -0.3 is 10.1 Å². The zero-order valence-corrected chi connectivity index (χ0v) is 13.5. The predicted molar refractivity (Wildman–Crippen MR) is 81.5 cm³/mol. The summed E-state index contributed by atoms with van der Waals surface area (Å²) in [6.45, 7) is 7.97. The van der Waals surface area contributed by atoms with E-state index in [1.54, 1.807) is 45.2 Å². The lowest BCUT2D eigenvalue weighted by Crippen LogP contribution is -2.37. The fourth-order valence-electron chi connectivity index (χ4n) is 1.94. The molecular weight excluding hydrogens is 276 g/mol. The summed E-state index contributed by atoms with van der Waals surface area (Å²) in [5.41, 5.74) is 0.209. The molecule has 5 nitrogen and oxygen atoms in total. The Hall–Kier alpha value is -1.11.